The summed E-state index contributed by atoms with van der Waals surface area (Å²) in [6.07, 6.45) is 1.76. The molecule has 0 radical (unpaired) electrons. The number of aryl methyl sites for hydroxylation is 1. The molecule has 118 valence electrons. The number of aromatic nitrogens is 3. The first-order chi connectivity index (χ1) is 11.0. The van der Waals surface area contributed by atoms with Crippen LogP contribution in [0.2, 0.25) is 0 Å². The third-order valence-electron chi connectivity index (χ3n) is 4.55. The molecule has 2 N–H and O–H groups in total. The number of nitrogens with one attached hydrogen (secondary N) is 1. The molecular weight excluding hydrogens is 292 g/mol. The van der Waals surface area contributed by atoms with Crippen LogP contribution in [0.5, 0.6) is 0 Å². The van der Waals surface area contributed by atoms with Gasteiger partial charge < -0.3 is 14.9 Å². The molecule has 0 aliphatic heterocycles. The number of hydrogen-bond donors (Lipinski definition) is 2. The van der Waals surface area contributed by atoms with Crippen molar-refractivity contribution >= 4 is 22.6 Å². The van der Waals surface area contributed by atoms with Crippen LogP contribution in [0, 0.1) is 6.92 Å². The SMILES string of the molecule is Cc1noc2ncnc(Nc3ccc4c(c3)C(O)CC4(C)C)c12. The van der Waals surface area contributed by atoms with Crippen molar-refractivity contribution in [2.75, 3.05) is 5.32 Å². The summed E-state index contributed by atoms with van der Waals surface area (Å²) in [5.74, 6) is 0.653. The van der Waals surface area contributed by atoms with Crippen molar-refractivity contribution in [1.29, 1.82) is 0 Å². The van der Waals surface area contributed by atoms with Crippen LogP contribution in [-0.2, 0) is 5.41 Å². The second-order valence-corrected chi connectivity index (χ2v) is 6.70. The highest BCUT2D eigenvalue weighted by Crippen LogP contribution is 2.45. The van der Waals surface area contributed by atoms with Gasteiger partial charge in [0, 0.05) is 5.69 Å². The Hall–Kier alpha value is -2.47. The molecule has 1 unspecified atom stereocenters. The third-order valence-corrected chi connectivity index (χ3v) is 4.55. The normalized spacial score (nSPS) is 19.0. The van der Waals surface area contributed by atoms with Gasteiger partial charge in [0.1, 0.15) is 17.5 Å². The minimum atomic E-state index is -0.426. The fourth-order valence-corrected chi connectivity index (χ4v) is 3.39. The van der Waals surface area contributed by atoms with E-state index in [2.05, 4.69) is 40.4 Å². The molecule has 3 aromatic rings. The minimum Gasteiger partial charge on any atom is -0.388 e. The lowest BCUT2D eigenvalue weighted by atomic mass is 9.86. The Balaban J connectivity index is 1.75. The Kier molecular flexibility index (Phi) is 2.93. The van der Waals surface area contributed by atoms with Crippen LogP contribution in [0.4, 0.5) is 11.5 Å². The standard InChI is InChI=1S/C17H18N4O2/c1-9-14-15(18-8-19-16(14)23-21-9)20-10-4-5-12-11(6-10)13(22)7-17(12,2)3/h4-6,8,13,22H,7H2,1-3H3,(H,18,19,20). The van der Waals surface area contributed by atoms with E-state index in [-0.39, 0.29) is 5.41 Å². The van der Waals surface area contributed by atoms with E-state index in [9.17, 15) is 5.11 Å². The molecule has 1 aliphatic carbocycles. The van der Waals surface area contributed by atoms with Crippen LogP contribution < -0.4 is 5.32 Å². The first-order valence-electron chi connectivity index (χ1n) is 7.62. The number of hydrogen-bond acceptors (Lipinski definition) is 6. The fraction of sp³-hybridized carbons (Fsp3) is 0.353. The Morgan fingerprint density at radius 3 is 2.96 bits per heavy atom. The molecule has 1 aliphatic rings. The predicted octanol–water partition coefficient (Wildman–Crippen LogP) is 3.38. The Morgan fingerprint density at radius 2 is 2.13 bits per heavy atom. The number of rotatable bonds is 2. The van der Waals surface area contributed by atoms with Crippen molar-refractivity contribution in [3.63, 3.8) is 0 Å². The van der Waals surface area contributed by atoms with E-state index in [1.54, 1.807) is 0 Å². The lowest BCUT2D eigenvalue weighted by Gasteiger charge is -2.18. The molecule has 6 heteroatoms. The molecule has 0 spiro atoms. The molecule has 2 heterocycles. The quantitative estimate of drug-likeness (QED) is 0.755. The Labute approximate surface area is 133 Å². The lowest BCUT2D eigenvalue weighted by molar-refractivity contribution is 0.161. The highest BCUT2D eigenvalue weighted by Gasteiger charge is 2.35. The van der Waals surface area contributed by atoms with Crippen molar-refractivity contribution in [2.24, 2.45) is 0 Å². The van der Waals surface area contributed by atoms with E-state index in [4.69, 9.17) is 4.52 Å². The predicted molar refractivity (Wildman–Crippen MR) is 86.7 cm³/mol. The Morgan fingerprint density at radius 1 is 1.30 bits per heavy atom. The maximum atomic E-state index is 10.3. The van der Waals surface area contributed by atoms with Crippen LogP contribution in [-0.4, -0.2) is 20.2 Å². The molecule has 4 rings (SSSR count). The lowest BCUT2D eigenvalue weighted by Crippen LogP contribution is -2.12. The smallest absolute Gasteiger partial charge is 0.263 e. The van der Waals surface area contributed by atoms with Crippen LogP contribution in [0.1, 0.15) is 43.2 Å². The average Bonchev–Trinajstić information content (AvgIpc) is 2.99. The van der Waals surface area contributed by atoms with Gasteiger partial charge in [-0.1, -0.05) is 25.1 Å². The summed E-state index contributed by atoms with van der Waals surface area (Å²) in [6, 6.07) is 6.08. The molecule has 2 aromatic heterocycles. The summed E-state index contributed by atoms with van der Waals surface area (Å²) in [5, 5.41) is 18.3. The molecule has 6 nitrogen and oxygen atoms in total. The molecule has 1 aromatic carbocycles. The largest absolute Gasteiger partial charge is 0.388 e. The summed E-state index contributed by atoms with van der Waals surface area (Å²) in [4.78, 5) is 8.36. The molecule has 1 atom stereocenters. The van der Waals surface area contributed by atoms with Gasteiger partial charge in [0.15, 0.2) is 0 Å². The van der Waals surface area contributed by atoms with Gasteiger partial charge in [0.25, 0.3) is 5.71 Å². The zero-order chi connectivity index (χ0) is 16.2. The fourth-order valence-electron chi connectivity index (χ4n) is 3.39. The third kappa shape index (κ3) is 2.17. The summed E-state index contributed by atoms with van der Waals surface area (Å²) in [7, 11) is 0. The molecule has 23 heavy (non-hydrogen) atoms. The number of fused-ring (bicyclic) bond motifs is 2. The van der Waals surface area contributed by atoms with Gasteiger partial charge in [-0.15, -0.1) is 0 Å². The molecule has 0 saturated carbocycles. The van der Waals surface area contributed by atoms with Crippen molar-refractivity contribution in [2.45, 2.75) is 38.7 Å². The Bertz CT molecular complexity index is 901. The second-order valence-electron chi connectivity index (χ2n) is 6.70. The van der Waals surface area contributed by atoms with Crippen molar-refractivity contribution in [3.05, 3.63) is 41.3 Å². The summed E-state index contributed by atoms with van der Waals surface area (Å²) >= 11 is 0. The number of nitrogens with zero attached hydrogens (tertiary/aromatic N) is 3. The zero-order valence-electron chi connectivity index (χ0n) is 13.3. The number of aliphatic hydroxyl groups is 1. The molecule has 0 bridgehead atoms. The number of benzene rings is 1. The van der Waals surface area contributed by atoms with E-state index in [0.29, 0.717) is 11.5 Å². The second kappa shape index (κ2) is 4.76. The van der Waals surface area contributed by atoms with Gasteiger partial charge in [-0.2, -0.15) is 4.98 Å². The topological polar surface area (TPSA) is 84.1 Å². The number of anilines is 2. The average molecular weight is 310 g/mol. The van der Waals surface area contributed by atoms with E-state index >= 15 is 0 Å². The molecule has 0 amide bonds. The zero-order valence-corrected chi connectivity index (χ0v) is 13.3. The van der Waals surface area contributed by atoms with E-state index < -0.39 is 6.10 Å². The van der Waals surface area contributed by atoms with Gasteiger partial charge in [0.05, 0.1) is 11.8 Å². The van der Waals surface area contributed by atoms with E-state index in [1.807, 2.05) is 19.1 Å². The van der Waals surface area contributed by atoms with Crippen LogP contribution >= 0.6 is 0 Å². The summed E-state index contributed by atoms with van der Waals surface area (Å²) in [5.41, 5.74) is 4.26. The van der Waals surface area contributed by atoms with Crippen molar-refractivity contribution in [3.8, 4) is 0 Å². The van der Waals surface area contributed by atoms with E-state index in [0.717, 1.165) is 28.8 Å². The molecule has 0 saturated heterocycles. The van der Waals surface area contributed by atoms with Gasteiger partial charge in [-0.25, -0.2) is 4.98 Å². The minimum absolute atomic E-state index is 0.000526. The van der Waals surface area contributed by atoms with Gasteiger partial charge in [-0.3, -0.25) is 0 Å². The molecular formula is C17H18N4O2. The van der Waals surface area contributed by atoms with Crippen LogP contribution in [0.3, 0.4) is 0 Å². The summed E-state index contributed by atoms with van der Waals surface area (Å²) in [6.45, 7) is 6.17. The van der Waals surface area contributed by atoms with Crippen LogP contribution in [0.15, 0.2) is 29.0 Å². The van der Waals surface area contributed by atoms with Gasteiger partial charge in [0.2, 0.25) is 0 Å². The van der Waals surface area contributed by atoms with Gasteiger partial charge in [-0.05, 0) is 42.0 Å². The maximum absolute atomic E-state index is 10.3. The van der Waals surface area contributed by atoms with Crippen LogP contribution in [0.25, 0.3) is 11.1 Å². The molecule has 0 fully saturated rings. The summed E-state index contributed by atoms with van der Waals surface area (Å²) < 4.78 is 5.16. The first kappa shape index (κ1) is 14.1. The maximum Gasteiger partial charge on any atom is 0.263 e. The highest BCUT2D eigenvalue weighted by molar-refractivity contribution is 5.89. The first-order valence-corrected chi connectivity index (χ1v) is 7.62. The number of aliphatic hydroxyl groups excluding tert-OH is 1. The highest BCUT2D eigenvalue weighted by atomic mass is 16.5. The van der Waals surface area contributed by atoms with Crippen molar-refractivity contribution in [1.82, 2.24) is 15.1 Å². The van der Waals surface area contributed by atoms with Gasteiger partial charge >= 0.3 is 0 Å². The van der Waals surface area contributed by atoms with E-state index in [1.165, 1.54) is 11.9 Å². The monoisotopic (exact) mass is 310 g/mol. The van der Waals surface area contributed by atoms with Crippen molar-refractivity contribution < 1.29 is 9.63 Å².